The van der Waals surface area contributed by atoms with Crippen LogP contribution in [0.3, 0.4) is 0 Å². The van der Waals surface area contributed by atoms with Crippen LogP contribution in [0.2, 0.25) is 5.02 Å². The summed E-state index contributed by atoms with van der Waals surface area (Å²) in [4.78, 5) is 70.9. The number of aromatic nitrogens is 2. The minimum absolute atomic E-state index is 0.0114. The fourth-order valence-corrected chi connectivity index (χ4v) is 12.2. The molecule has 19 heteroatoms. The third kappa shape index (κ3) is 12.1. The Morgan fingerprint density at radius 1 is 0.973 bits per heavy atom. The number of nitriles is 1. The number of piperazine rings is 1. The molecule has 0 unspecified atom stereocenters. The maximum Gasteiger partial charge on any atom is 0.253 e. The van der Waals surface area contributed by atoms with Gasteiger partial charge in [0.2, 0.25) is 17.7 Å². The van der Waals surface area contributed by atoms with Gasteiger partial charge in [0, 0.05) is 73.8 Å². The second-order valence-corrected chi connectivity index (χ2v) is 23.3. The van der Waals surface area contributed by atoms with E-state index >= 15 is 0 Å². The minimum Gasteiger partial charge on any atom is -0.489 e. The van der Waals surface area contributed by atoms with Gasteiger partial charge in [0.05, 0.1) is 57.6 Å². The number of hydrogen-bond acceptors (Lipinski definition) is 14. The molecule has 4 amide bonds. The first kappa shape index (κ1) is 55.1. The number of benzene rings is 2. The summed E-state index contributed by atoms with van der Waals surface area (Å²) >= 11 is 7.80. The van der Waals surface area contributed by atoms with E-state index in [0.717, 1.165) is 22.0 Å². The summed E-state index contributed by atoms with van der Waals surface area (Å²) in [5.41, 5.74) is 3.60. The summed E-state index contributed by atoms with van der Waals surface area (Å²) < 4.78 is 12.2. The molecule has 2 aromatic heterocycles. The molecule has 17 nitrogen and oxygen atoms in total. The molecule has 1 aliphatic carbocycles. The van der Waals surface area contributed by atoms with Crippen molar-refractivity contribution < 1.29 is 38.9 Å². The van der Waals surface area contributed by atoms with E-state index in [1.54, 1.807) is 36.0 Å². The van der Waals surface area contributed by atoms with Crippen molar-refractivity contribution in [1.82, 2.24) is 35.7 Å². The average Bonchev–Trinajstić information content (AvgIpc) is 3.96. The molecule has 2 aliphatic heterocycles. The van der Waals surface area contributed by atoms with Crippen LogP contribution >= 0.6 is 22.9 Å². The molecule has 1 saturated carbocycles. The predicted octanol–water partition coefficient (Wildman–Crippen LogP) is 5.91. The maximum absolute atomic E-state index is 14.2. The van der Waals surface area contributed by atoms with Crippen molar-refractivity contribution in [1.29, 1.82) is 5.26 Å². The van der Waals surface area contributed by atoms with Gasteiger partial charge in [0.1, 0.15) is 42.4 Å². The van der Waals surface area contributed by atoms with Gasteiger partial charge in [0.15, 0.2) is 0 Å². The number of β-amino-alcohol motifs (C(OH)–C–C–N with tert-alkyl or cyclic N) is 1. The summed E-state index contributed by atoms with van der Waals surface area (Å²) in [7, 11) is 0. The number of halogens is 1. The van der Waals surface area contributed by atoms with Crippen LogP contribution in [0.4, 0.5) is 5.82 Å². The van der Waals surface area contributed by atoms with Gasteiger partial charge in [-0.1, -0.05) is 84.3 Å². The van der Waals surface area contributed by atoms with E-state index in [4.69, 9.17) is 26.1 Å². The lowest BCUT2D eigenvalue weighted by Gasteiger charge is -2.63. The zero-order valence-electron chi connectivity index (χ0n) is 43.4. The van der Waals surface area contributed by atoms with E-state index < -0.39 is 58.2 Å². The number of nitrogens with zero attached hydrogens (tertiary/aromatic N) is 6. The Bertz CT molecular complexity index is 2640. The molecule has 73 heavy (non-hydrogen) atoms. The highest BCUT2D eigenvalue weighted by molar-refractivity contribution is 7.13. The Hall–Kier alpha value is -5.68. The molecule has 3 fully saturated rings. The molecule has 3 aliphatic rings. The molecule has 4 aromatic rings. The summed E-state index contributed by atoms with van der Waals surface area (Å²) in [6.45, 7) is 21.4. The standard InChI is InChI=1S/C54H70ClN9O8S/c1-31-25-62(26-32(2)64(31)43-18-16-37(24-57-43)47(68)61-50-53(7,8)51(54(50,9)10)72-39-17-15-36(23-56)40(55)22-39)19-20-71-29-44(67)60-46(52(4,5)6)49(70)63-27-38(66)21-42(63)48(69)59-41(28-65)34-11-13-35(14-12-34)45-33(3)58-30-73-45/h11-18,22,24,30-32,38,41-42,46,50-51,65-66H,19-21,25-29H2,1-10H3,(H,59,69)(H,60,67)(H,61,68)/t31-,32+,38-,41+,42+,46-,50?,51?/m1/s1. The topological polar surface area (TPSA) is 223 Å². The van der Waals surface area contributed by atoms with Gasteiger partial charge in [0.25, 0.3) is 5.91 Å². The zero-order chi connectivity index (χ0) is 53.2. The summed E-state index contributed by atoms with van der Waals surface area (Å²) in [5.74, 6) is -0.382. The molecule has 7 rings (SSSR count). The van der Waals surface area contributed by atoms with Gasteiger partial charge in [-0.3, -0.25) is 24.1 Å². The number of amides is 4. The highest BCUT2D eigenvalue weighted by Gasteiger charge is 2.64. The molecular weight excluding hydrogens is 970 g/mol. The lowest BCUT2D eigenvalue weighted by atomic mass is 9.49. The third-order valence-electron chi connectivity index (χ3n) is 14.6. The average molecular weight is 1040 g/mol. The molecule has 5 N–H and O–H groups in total. The van der Waals surface area contributed by atoms with E-state index in [0.29, 0.717) is 47.1 Å². The highest BCUT2D eigenvalue weighted by Crippen LogP contribution is 2.55. The van der Waals surface area contributed by atoms with Crippen molar-refractivity contribution in [3.8, 4) is 22.3 Å². The van der Waals surface area contributed by atoms with Crippen molar-refractivity contribution in [2.45, 2.75) is 124 Å². The molecule has 6 atom stereocenters. The number of ether oxygens (including phenoxy) is 2. The van der Waals surface area contributed by atoms with Gasteiger partial charge < -0.3 is 45.4 Å². The van der Waals surface area contributed by atoms with Crippen molar-refractivity contribution in [2.75, 3.05) is 50.9 Å². The van der Waals surface area contributed by atoms with Crippen molar-refractivity contribution in [3.63, 3.8) is 0 Å². The first-order valence-electron chi connectivity index (χ1n) is 24.9. The number of thiazole rings is 1. The van der Waals surface area contributed by atoms with E-state index in [9.17, 15) is 34.7 Å². The number of aryl methyl sites for hydroxylation is 1. The number of pyridine rings is 1. The Morgan fingerprint density at radius 2 is 1.66 bits per heavy atom. The van der Waals surface area contributed by atoms with Gasteiger partial charge >= 0.3 is 0 Å². The van der Waals surface area contributed by atoms with Gasteiger partial charge in [-0.25, -0.2) is 9.97 Å². The molecule has 2 aromatic carbocycles. The van der Waals surface area contributed by atoms with E-state index in [1.807, 2.05) is 58.0 Å². The van der Waals surface area contributed by atoms with Crippen LogP contribution < -0.4 is 25.6 Å². The van der Waals surface area contributed by atoms with E-state index in [-0.39, 0.29) is 62.9 Å². The summed E-state index contributed by atoms with van der Waals surface area (Å²) in [6.07, 6.45) is 0.445. The largest absolute Gasteiger partial charge is 0.489 e. The molecule has 0 bridgehead atoms. The number of nitrogens with one attached hydrogen (secondary N) is 3. The number of carbonyl (C=O) groups is 4. The summed E-state index contributed by atoms with van der Waals surface area (Å²) in [6, 6.07) is 15.4. The number of hydrogen-bond donors (Lipinski definition) is 5. The molecule has 2 saturated heterocycles. The number of anilines is 1. The van der Waals surface area contributed by atoms with Crippen LogP contribution in [0.15, 0.2) is 66.3 Å². The van der Waals surface area contributed by atoms with Gasteiger partial charge in [-0.2, -0.15) is 5.26 Å². The highest BCUT2D eigenvalue weighted by atomic mass is 35.5. The monoisotopic (exact) mass is 1040 g/mol. The SMILES string of the molecule is Cc1ncsc1-c1ccc([C@H](CO)NC(=O)[C@@H]2C[C@@H](O)CN2C(=O)[C@@H](NC(=O)COCCN2C[C@@H](C)N(c3ccc(C(=O)NC4C(C)(C)C(Oc5ccc(C#N)c(Cl)c5)C4(C)C)cn3)[C@@H](C)C2)C(C)(C)C)cc1. The molecule has 392 valence electrons. The van der Waals surface area contributed by atoms with Crippen LogP contribution in [0.25, 0.3) is 10.4 Å². The number of aliphatic hydroxyl groups excluding tert-OH is 2. The second kappa shape index (κ2) is 22.4. The lowest BCUT2D eigenvalue weighted by Crippen LogP contribution is -2.74. The molecule has 4 heterocycles. The first-order valence-corrected chi connectivity index (χ1v) is 26.1. The Balaban J connectivity index is 0.866. The molecule has 0 spiro atoms. The Morgan fingerprint density at radius 3 is 2.23 bits per heavy atom. The third-order valence-corrected chi connectivity index (χ3v) is 15.9. The van der Waals surface area contributed by atoms with Crippen molar-refractivity contribution in [3.05, 3.63) is 93.7 Å². The van der Waals surface area contributed by atoms with Crippen LogP contribution in [0.1, 0.15) is 102 Å². The number of aliphatic hydroxyl groups is 2. The number of carbonyl (C=O) groups excluding carboxylic acids is 4. The normalized spacial score (nSPS) is 23.4. The van der Waals surface area contributed by atoms with Gasteiger partial charge in [-0.15, -0.1) is 11.3 Å². The van der Waals surface area contributed by atoms with Crippen LogP contribution in [-0.4, -0.2) is 142 Å². The summed E-state index contributed by atoms with van der Waals surface area (Å²) in [5, 5.41) is 39.6. The smallest absolute Gasteiger partial charge is 0.253 e. The maximum atomic E-state index is 14.2. The van der Waals surface area contributed by atoms with Crippen LogP contribution in [-0.2, 0) is 19.1 Å². The fourth-order valence-electron chi connectivity index (χ4n) is 11.2. The Labute approximate surface area is 437 Å². The number of rotatable bonds is 17. The molecular formula is C54H70ClN9O8S. The van der Waals surface area contributed by atoms with Crippen molar-refractivity contribution >= 4 is 52.4 Å². The quantitative estimate of drug-likeness (QED) is 0.0778. The lowest BCUT2D eigenvalue weighted by molar-refractivity contribution is -0.164. The number of likely N-dealkylation sites (tertiary alicyclic amines) is 1. The predicted molar refractivity (Wildman–Crippen MR) is 280 cm³/mol. The second-order valence-electron chi connectivity index (χ2n) is 22.0. The fraction of sp³-hybridized carbons (Fsp3) is 0.537. The van der Waals surface area contributed by atoms with E-state index in [1.165, 1.54) is 16.2 Å². The van der Waals surface area contributed by atoms with Crippen LogP contribution in [0, 0.1) is 34.5 Å². The van der Waals surface area contributed by atoms with Gasteiger partial charge in [-0.05, 0) is 61.6 Å². The first-order chi connectivity index (χ1) is 34.4. The van der Waals surface area contributed by atoms with Crippen molar-refractivity contribution in [2.24, 2.45) is 16.2 Å². The molecule has 0 radical (unpaired) electrons. The van der Waals surface area contributed by atoms with Crippen LogP contribution in [0.5, 0.6) is 5.75 Å². The zero-order valence-corrected chi connectivity index (χ0v) is 45.0. The Kier molecular flexibility index (Phi) is 16.9. The minimum atomic E-state index is -1.02. The van der Waals surface area contributed by atoms with E-state index in [2.05, 4.69) is 78.3 Å².